The predicted molar refractivity (Wildman–Crippen MR) is 104 cm³/mol. The zero-order valence-electron chi connectivity index (χ0n) is 15.0. The van der Waals surface area contributed by atoms with E-state index in [1.807, 2.05) is 23.1 Å². The van der Waals surface area contributed by atoms with Gasteiger partial charge in [0, 0.05) is 25.8 Å². The number of benzene rings is 1. The van der Waals surface area contributed by atoms with E-state index in [1.165, 1.54) is 12.0 Å². The highest BCUT2D eigenvalue weighted by molar-refractivity contribution is 6.33. The summed E-state index contributed by atoms with van der Waals surface area (Å²) in [6, 6.07) is 9.67. The third-order valence-corrected chi connectivity index (χ3v) is 4.86. The highest BCUT2D eigenvalue weighted by Gasteiger charge is 2.19. The maximum Gasteiger partial charge on any atom is 0.255 e. The van der Waals surface area contributed by atoms with Crippen LogP contribution < -0.4 is 10.1 Å². The summed E-state index contributed by atoms with van der Waals surface area (Å²) in [7, 11) is 1.66. The number of hydrogen-bond donors (Lipinski definition) is 1. The van der Waals surface area contributed by atoms with Crippen molar-refractivity contribution >= 4 is 23.3 Å². The summed E-state index contributed by atoms with van der Waals surface area (Å²) in [5, 5.41) is 3.71. The lowest BCUT2D eigenvalue weighted by molar-refractivity contribution is 0.0724. The molecule has 2 aromatic rings. The van der Waals surface area contributed by atoms with Crippen molar-refractivity contribution in [2.45, 2.75) is 25.7 Å². The van der Waals surface area contributed by atoms with Crippen LogP contribution in [0.4, 0.5) is 5.82 Å². The number of methoxy groups -OCH3 is 1. The summed E-state index contributed by atoms with van der Waals surface area (Å²) in [6.45, 7) is 2.33. The Kier molecular flexibility index (Phi) is 6.34. The molecule has 1 aliphatic heterocycles. The molecule has 3 rings (SSSR count). The standard InChI is InChI=1S/C20H24ClN3O2/c1-26-17-7-5-6-15(12-17)8-9-22-19-18(21)13-16(14-23-19)20(25)24-10-3-2-4-11-24/h5-7,12-14H,2-4,8-11H2,1H3,(H,22,23). The third kappa shape index (κ3) is 4.67. The second-order valence-electron chi connectivity index (χ2n) is 6.44. The van der Waals surface area contributed by atoms with Crippen LogP contribution in [0, 0.1) is 0 Å². The molecule has 2 heterocycles. The van der Waals surface area contributed by atoms with Crippen molar-refractivity contribution < 1.29 is 9.53 Å². The summed E-state index contributed by atoms with van der Waals surface area (Å²) in [5.74, 6) is 1.46. The van der Waals surface area contributed by atoms with Gasteiger partial charge in [-0.15, -0.1) is 0 Å². The van der Waals surface area contributed by atoms with Gasteiger partial charge in [0.15, 0.2) is 0 Å². The highest BCUT2D eigenvalue weighted by atomic mass is 35.5. The number of rotatable bonds is 6. The maximum absolute atomic E-state index is 12.5. The Morgan fingerprint density at radius 2 is 2.08 bits per heavy atom. The van der Waals surface area contributed by atoms with Crippen molar-refractivity contribution in [2.75, 3.05) is 32.1 Å². The zero-order valence-corrected chi connectivity index (χ0v) is 15.8. The minimum Gasteiger partial charge on any atom is -0.497 e. The van der Waals surface area contributed by atoms with Gasteiger partial charge >= 0.3 is 0 Å². The van der Waals surface area contributed by atoms with Gasteiger partial charge in [0.2, 0.25) is 0 Å². The van der Waals surface area contributed by atoms with Crippen molar-refractivity contribution in [3.63, 3.8) is 0 Å². The summed E-state index contributed by atoms with van der Waals surface area (Å²) >= 11 is 6.33. The second kappa shape index (κ2) is 8.90. The van der Waals surface area contributed by atoms with E-state index in [9.17, 15) is 4.79 Å². The molecule has 6 heteroatoms. The van der Waals surface area contributed by atoms with Crippen LogP contribution in [0.1, 0.15) is 35.2 Å². The molecule has 0 spiro atoms. The van der Waals surface area contributed by atoms with Crippen LogP contribution in [0.5, 0.6) is 5.75 Å². The molecule has 1 N–H and O–H groups in total. The number of carbonyl (C=O) groups is 1. The van der Waals surface area contributed by atoms with Gasteiger partial charge in [0.05, 0.1) is 17.7 Å². The van der Waals surface area contributed by atoms with Crippen LogP contribution in [0.15, 0.2) is 36.5 Å². The van der Waals surface area contributed by atoms with E-state index in [2.05, 4.69) is 16.4 Å². The number of amides is 1. The molecule has 1 aromatic carbocycles. The lowest BCUT2D eigenvalue weighted by atomic mass is 10.1. The molecule has 0 unspecified atom stereocenters. The Morgan fingerprint density at radius 3 is 2.81 bits per heavy atom. The molecule has 1 aromatic heterocycles. The molecule has 1 amide bonds. The number of ether oxygens (including phenoxy) is 1. The largest absolute Gasteiger partial charge is 0.497 e. The Morgan fingerprint density at radius 1 is 1.27 bits per heavy atom. The molecule has 0 saturated carbocycles. The number of likely N-dealkylation sites (tertiary alicyclic amines) is 1. The van der Waals surface area contributed by atoms with Crippen molar-refractivity contribution in [2.24, 2.45) is 0 Å². The SMILES string of the molecule is COc1cccc(CCNc2ncc(C(=O)N3CCCCC3)cc2Cl)c1. The average molecular weight is 374 g/mol. The molecule has 5 nitrogen and oxygen atoms in total. The number of nitrogens with zero attached hydrogens (tertiary/aromatic N) is 2. The number of hydrogen-bond acceptors (Lipinski definition) is 4. The zero-order chi connectivity index (χ0) is 18.4. The van der Waals surface area contributed by atoms with E-state index in [-0.39, 0.29) is 5.91 Å². The van der Waals surface area contributed by atoms with Crippen LogP contribution in [-0.2, 0) is 6.42 Å². The number of halogens is 1. The van der Waals surface area contributed by atoms with Gasteiger partial charge in [0.25, 0.3) is 5.91 Å². The minimum atomic E-state index is 0.0158. The quantitative estimate of drug-likeness (QED) is 0.830. The first kappa shape index (κ1) is 18.5. The maximum atomic E-state index is 12.5. The van der Waals surface area contributed by atoms with Gasteiger partial charge in [0.1, 0.15) is 11.6 Å². The first-order chi connectivity index (χ1) is 12.7. The minimum absolute atomic E-state index is 0.0158. The number of anilines is 1. The summed E-state index contributed by atoms with van der Waals surface area (Å²) in [5.41, 5.74) is 1.72. The van der Waals surface area contributed by atoms with E-state index >= 15 is 0 Å². The fraction of sp³-hybridized carbons (Fsp3) is 0.400. The first-order valence-corrected chi connectivity index (χ1v) is 9.37. The molecule has 138 valence electrons. The monoisotopic (exact) mass is 373 g/mol. The van der Waals surface area contributed by atoms with Crippen molar-refractivity contribution in [3.05, 3.63) is 52.7 Å². The van der Waals surface area contributed by atoms with E-state index in [4.69, 9.17) is 16.3 Å². The van der Waals surface area contributed by atoms with Crippen LogP contribution >= 0.6 is 11.6 Å². The van der Waals surface area contributed by atoms with E-state index < -0.39 is 0 Å². The fourth-order valence-electron chi connectivity index (χ4n) is 3.12. The van der Waals surface area contributed by atoms with Crippen molar-refractivity contribution in [1.29, 1.82) is 0 Å². The number of piperidine rings is 1. The molecule has 0 aliphatic carbocycles. The summed E-state index contributed by atoms with van der Waals surface area (Å²) in [6.07, 6.45) is 5.76. The van der Waals surface area contributed by atoms with Gasteiger partial charge in [-0.3, -0.25) is 4.79 Å². The van der Waals surface area contributed by atoms with Gasteiger partial charge in [-0.1, -0.05) is 23.7 Å². The fourth-order valence-corrected chi connectivity index (χ4v) is 3.35. The van der Waals surface area contributed by atoms with Crippen LogP contribution in [0.2, 0.25) is 5.02 Å². The van der Waals surface area contributed by atoms with Gasteiger partial charge in [-0.25, -0.2) is 4.98 Å². The van der Waals surface area contributed by atoms with Gasteiger partial charge in [-0.2, -0.15) is 0 Å². The Balaban J connectivity index is 1.58. The number of carbonyl (C=O) groups excluding carboxylic acids is 1. The van der Waals surface area contributed by atoms with E-state index in [0.717, 1.165) is 38.1 Å². The molecule has 1 saturated heterocycles. The van der Waals surface area contributed by atoms with Crippen molar-refractivity contribution in [1.82, 2.24) is 9.88 Å². The summed E-state index contributed by atoms with van der Waals surface area (Å²) in [4.78, 5) is 18.7. The first-order valence-electron chi connectivity index (χ1n) is 8.99. The Bertz CT molecular complexity index is 760. The molecule has 1 fully saturated rings. The highest BCUT2D eigenvalue weighted by Crippen LogP contribution is 2.22. The topological polar surface area (TPSA) is 54.5 Å². The van der Waals surface area contributed by atoms with Crippen LogP contribution in [-0.4, -0.2) is 42.5 Å². The molecule has 0 atom stereocenters. The van der Waals surface area contributed by atoms with Gasteiger partial charge in [-0.05, 0) is 49.4 Å². The van der Waals surface area contributed by atoms with Gasteiger partial charge < -0.3 is 15.0 Å². The number of aromatic nitrogens is 1. The van der Waals surface area contributed by atoms with Crippen molar-refractivity contribution in [3.8, 4) is 5.75 Å². The molecule has 0 bridgehead atoms. The van der Waals surface area contributed by atoms with Crippen LogP contribution in [0.25, 0.3) is 0 Å². The molecule has 1 aliphatic rings. The smallest absolute Gasteiger partial charge is 0.255 e. The lowest BCUT2D eigenvalue weighted by Gasteiger charge is -2.26. The van der Waals surface area contributed by atoms with E-state index in [0.29, 0.717) is 22.9 Å². The molecular weight excluding hydrogens is 350 g/mol. The average Bonchev–Trinajstić information content (AvgIpc) is 2.69. The molecular formula is C20H24ClN3O2. The lowest BCUT2D eigenvalue weighted by Crippen LogP contribution is -2.35. The Labute approximate surface area is 159 Å². The normalized spacial score (nSPS) is 14.2. The number of pyridine rings is 1. The Hall–Kier alpha value is -2.27. The third-order valence-electron chi connectivity index (χ3n) is 4.57. The number of nitrogens with one attached hydrogen (secondary N) is 1. The van der Waals surface area contributed by atoms with E-state index in [1.54, 1.807) is 19.4 Å². The predicted octanol–water partition coefficient (Wildman–Crippen LogP) is 4.02. The molecule has 0 radical (unpaired) electrons. The van der Waals surface area contributed by atoms with Crippen LogP contribution in [0.3, 0.4) is 0 Å². The second-order valence-corrected chi connectivity index (χ2v) is 6.84. The summed E-state index contributed by atoms with van der Waals surface area (Å²) < 4.78 is 5.23. The molecule has 26 heavy (non-hydrogen) atoms.